The van der Waals surface area contributed by atoms with Crippen LogP contribution in [0.25, 0.3) is 11.1 Å². The number of fused-ring (bicyclic) bond motifs is 1. The van der Waals surface area contributed by atoms with Crippen molar-refractivity contribution in [3.8, 4) is 17.2 Å². The SMILES string of the molecule is CCC(C)c1nc2c(c(-c3cnn(C)c3)c1C#N)CCCCC2. The Morgan fingerprint density at radius 2 is 2.09 bits per heavy atom. The van der Waals surface area contributed by atoms with Crippen molar-refractivity contribution in [1.29, 1.82) is 5.26 Å². The summed E-state index contributed by atoms with van der Waals surface area (Å²) in [5, 5.41) is 14.2. The summed E-state index contributed by atoms with van der Waals surface area (Å²) in [5.41, 5.74) is 6.34. The van der Waals surface area contributed by atoms with Gasteiger partial charge in [0.25, 0.3) is 0 Å². The highest BCUT2D eigenvalue weighted by Crippen LogP contribution is 2.36. The van der Waals surface area contributed by atoms with Crippen molar-refractivity contribution in [3.63, 3.8) is 0 Å². The molecular formula is C19H24N4. The number of pyridine rings is 1. The molecule has 0 fully saturated rings. The van der Waals surface area contributed by atoms with E-state index in [0.717, 1.165) is 41.6 Å². The van der Waals surface area contributed by atoms with E-state index in [1.807, 2.05) is 24.1 Å². The maximum atomic E-state index is 9.87. The second-order valence-electron chi connectivity index (χ2n) is 6.56. The van der Waals surface area contributed by atoms with Crippen LogP contribution in [0.15, 0.2) is 12.4 Å². The fraction of sp³-hybridized carbons (Fsp3) is 0.526. The molecule has 0 spiro atoms. The summed E-state index contributed by atoms with van der Waals surface area (Å²) in [6.07, 6.45) is 10.5. The van der Waals surface area contributed by atoms with Crippen molar-refractivity contribution in [2.24, 2.45) is 7.05 Å². The smallest absolute Gasteiger partial charge is 0.102 e. The highest BCUT2D eigenvalue weighted by Gasteiger charge is 2.24. The lowest BCUT2D eigenvalue weighted by molar-refractivity contribution is 0.689. The number of nitriles is 1. The summed E-state index contributed by atoms with van der Waals surface area (Å²) in [7, 11) is 1.92. The van der Waals surface area contributed by atoms with E-state index in [2.05, 4.69) is 25.0 Å². The van der Waals surface area contributed by atoms with Gasteiger partial charge in [0.05, 0.1) is 17.5 Å². The third-order valence-corrected chi connectivity index (χ3v) is 4.94. The van der Waals surface area contributed by atoms with Gasteiger partial charge in [-0.15, -0.1) is 0 Å². The van der Waals surface area contributed by atoms with Gasteiger partial charge in [-0.05, 0) is 43.6 Å². The average molecular weight is 308 g/mol. The number of hydrogen-bond donors (Lipinski definition) is 0. The van der Waals surface area contributed by atoms with E-state index >= 15 is 0 Å². The van der Waals surface area contributed by atoms with Crippen molar-refractivity contribution in [2.75, 3.05) is 0 Å². The Kier molecular flexibility index (Phi) is 4.47. The molecule has 2 aromatic heterocycles. The van der Waals surface area contributed by atoms with Gasteiger partial charge in [0.15, 0.2) is 0 Å². The topological polar surface area (TPSA) is 54.5 Å². The zero-order valence-corrected chi connectivity index (χ0v) is 14.3. The predicted octanol–water partition coefficient (Wildman–Crippen LogP) is 4.14. The summed E-state index contributed by atoms with van der Waals surface area (Å²) in [6, 6.07) is 2.46. The van der Waals surface area contributed by atoms with Gasteiger partial charge in [0, 0.05) is 30.1 Å². The fourth-order valence-electron chi connectivity index (χ4n) is 3.47. The van der Waals surface area contributed by atoms with E-state index in [9.17, 15) is 5.26 Å². The van der Waals surface area contributed by atoms with Crippen molar-refractivity contribution >= 4 is 0 Å². The first-order valence-electron chi connectivity index (χ1n) is 8.60. The van der Waals surface area contributed by atoms with Crippen LogP contribution in [0.4, 0.5) is 0 Å². The lowest BCUT2D eigenvalue weighted by atomic mass is 9.88. The zero-order chi connectivity index (χ0) is 16.4. The third kappa shape index (κ3) is 2.88. The molecule has 1 atom stereocenters. The molecule has 4 heteroatoms. The van der Waals surface area contributed by atoms with Gasteiger partial charge in [0.2, 0.25) is 0 Å². The molecule has 0 aromatic carbocycles. The van der Waals surface area contributed by atoms with Gasteiger partial charge >= 0.3 is 0 Å². The Morgan fingerprint density at radius 3 is 2.74 bits per heavy atom. The highest BCUT2D eigenvalue weighted by atomic mass is 15.2. The minimum absolute atomic E-state index is 0.300. The Balaban J connectivity index is 2.31. The molecule has 2 aromatic rings. The molecule has 0 bridgehead atoms. The molecule has 0 N–H and O–H groups in total. The van der Waals surface area contributed by atoms with Crippen LogP contribution in [-0.4, -0.2) is 14.8 Å². The molecule has 2 heterocycles. The molecule has 0 amide bonds. The Morgan fingerprint density at radius 1 is 1.30 bits per heavy atom. The highest BCUT2D eigenvalue weighted by molar-refractivity contribution is 5.75. The minimum Gasteiger partial charge on any atom is -0.275 e. The lowest BCUT2D eigenvalue weighted by Gasteiger charge is -2.19. The van der Waals surface area contributed by atoms with Crippen molar-refractivity contribution in [3.05, 3.63) is 34.9 Å². The molecule has 0 saturated heterocycles. The number of aromatic nitrogens is 3. The van der Waals surface area contributed by atoms with Gasteiger partial charge < -0.3 is 0 Å². The van der Waals surface area contributed by atoms with E-state index in [0.29, 0.717) is 5.92 Å². The molecule has 3 rings (SSSR count). The zero-order valence-electron chi connectivity index (χ0n) is 14.3. The standard InChI is InChI=1S/C19H24N4/c1-4-13(2)19-16(10-20)18(14-11-21-23(3)12-14)15-8-6-5-7-9-17(15)22-19/h11-13H,4-9H2,1-3H3. The summed E-state index contributed by atoms with van der Waals surface area (Å²) in [6.45, 7) is 4.32. The maximum absolute atomic E-state index is 9.87. The number of rotatable bonds is 3. The Hall–Kier alpha value is -2.15. The van der Waals surface area contributed by atoms with Gasteiger partial charge in [-0.3, -0.25) is 9.67 Å². The second-order valence-corrected chi connectivity index (χ2v) is 6.56. The normalized spacial score (nSPS) is 15.6. The molecule has 1 aliphatic carbocycles. The van der Waals surface area contributed by atoms with Crippen LogP contribution in [0, 0.1) is 11.3 Å². The number of aryl methyl sites for hydroxylation is 2. The fourth-order valence-corrected chi connectivity index (χ4v) is 3.47. The third-order valence-electron chi connectivity index (χ3n) is 4.94. The predicted molar refractivity (Wildman–Crippen MR) is 91.1 cm³/mol. The quantitative estimate of drug-likeness (QED) is 0.801. The van der Waals surface area contributed by atoms with E-state index in [4.69, 9.17) is 4.98 Å². The van der Waals surface area contributed by atoms with Crippen molar-refractivity contribution < 1.29 is 0 Å². The van der Waals surface area contributed by atoms with Gasteiger partial charge in [-0.25, -0.2) is 0 Å². The number of hydrogen-bond acceptors (Lipinski definition) is 3. The molecule has 23 heavy (non-hydrogen) atoms. The van der Waals surface area contributed by atoms with Crippen molar-refractivity contribution in [1.82, 2.24) is 14.8 Å². The summed E-state index contributed by atoms with van der Waals surface area (Å²) >= 11 is 0. The van der Waals surface area contributed by atoms with Crippen LogP contribution >= 0.6 is 0 Å². The van der Waals surface area contributed by atoms with E-state index in [-0.39, 0.29) is 0 Å². The van der Waals surface area contributed by atoms with Crippen LogP contribution < -0.4 is 0 Å². The lowest BCUT2D eigenvalue weighted by Crippen LogP contribution is -2.09. The van der Waals surface area contributed by atoms with Gasteiger partial charge in [-0.2, -0.15) is 10.4 Å². The summed E-state index contributed by atoms with van der Waals surface area (Å²) in [5.74, 6) is 0.300. The van der Waals surface area contributed by atoms with Gasteiger partial charge in [0.1, 0.15) is 6.07 Å². The molecular weight excluding hydrogens is 284 g/mol. The van der Waals surface area contributed by atoms with Crippen LogP contribution in [0.1, 0.15) is 68.0 Å². The monoisotopic (exact) mass is 308 g/mol. The first kappa shape index (κ1) is 15.7. The molecule has 0 radical (unpaired) electrons. The molecule has 1 aliphatic rings. The molecule has 120 valence electrons. The average Bonchev–Trinajstić information content (AvgIpc) is 2.85. The molecule has 0 aliphatic heterocycles. The second kappa shape index (κ2) is 6.54. The first-order chi connectivity index (χ1) is 11.2. The van der Waals surface area contributed by atoms with E-state index in [1.165, 1.54) is 30.5 Å². The minimum atomic E-state index is 0.300. The maximum Gasteiger partial charge on any atom is 0.102 e. The first-order valence-corrected chi connectivity index (χ1v) is 8.60. The van der Waals surface area contributed by atoms with Gasteiger partial charge in [-0.1, -0.05) is 20.3 Å². The van der Waals surface area contributed by atoms with E-state index < -0.39 is 0 Å². The van der Waals surface area contributed by atoms with Crippen LogP contribution in [0.5, 0.6) is 0 Å². The molecule has 1 unspecified atom stereocenters. The van der Waals surface area contributed by atoms with Crippen LogP contribution in [-0.2, 0) is 19.9 Å². The number of nitrogens with zero attached hydrogens (tertiary/aromatic N) is 4. The van der Waals surface area contributed by atoms with Crippen LogP contribution in [0.2, 0.25) is 0 Å². The summed E-state index contributed by atoms with van der Waals surface area (Å²) < 4.78 is 1.81. The van der Waals surface area contributed by atoms with Crippen molar-refractivity contribution in [2.45, 2.75) is 58.3 Å². The van der Waals surface area contributed by atoms with E-state index in [1.54, 1.807) is 0 Å². The summed E-state index contributed by atoms with van der Waals surface area (Å²) in [4.78, 5) is 4.96. The largest absolute Gasteiger partial charge is 0.275 e. The molecule has 0 saturated carbocycles. The van der Waals surface area contributed by atoms with Crippen LogP contribution in [0.3, 0.4) is 0 Å². The Bertz CT molecular complexity index is 751. The molecule has 4 nitrogen and oxygen atoms in total. The Labute approximate surface area is 138 Å².